The number of nitrogens with zero attached hydrogens (tertiary/aromatic N) is 1. The largest absolute Gasteiger partial charge is 0.315 e. The molecule has 3 fully saturated rings. The van der Waals surface area contributed by atoms with Crippen LogP contribution in [0.5, 0.6) is 0 Å². The normalized spacial score (nSPS) is 55.4. The average molecular weight is 152 g/mol. The summed E-state index contributed by atoms with van der Waals surface area (Å²) in [6.45, 7) is 2.53. The van der Waals surface area contributed by atoms with Gasteiger partial charge in [-0.05, 0) is 38.8 Å². The molecule has 62 valence electrons. The molecule has 3 unspecified atom stereocenters. The van der Waals surface area contributed by atoms with Gasteiger partial charge in [0.25, 0.3) is 0 Å². The zero-order valence-electron chi connectivity index (χ0n) is 7.14. The van der Waals surface area contributed by atoms with E-state index in [9.17, 15) is 0 Å². The van der Waals surface area contributed by atoms with E-state index in [1.54, 1.807) is 0 Å². The van der Waals surface area contributed by atoms with E-state index in [1.165, 1.54) is 32.4 Å². The smallest absolute Gasteiger partial charge is 0.0375 e. The van der Waals surface area contributed by atoms with E-state index < -0.39 is 0 Å². The Bertz CT molecular complexity index is 184. The number of nitrogens with one attached hydrogen (secondary N) is 1. The number of fused-ring (bicyclic) bond motifs is 1. The number of hydrogen-bond acceptors (Lipinski definition) is 2. The zero-order valence-corrected chi connectivity index (χ0v) is 7.14. The van der Waals surface area contributed by atoms with Crippen LogP contribution in [-0.2, 0) is 0 Å². The van der Waals surface area contributed by atoms with Gasteiger partial charge in [-0.1, -0.05) is 0 Å². The average Bonchev–Trinajstić information content (AvgIpc) is 2.61. The first-order valence-corrected chi connectivity index (χ1v) is 4.76. The molecular formula is C9H16N2. The summed E-state index contributed by atoms with van der Waals surface area (Å²) in [5, 5.41) is 3.53. The Morgan fingerprint density at radius 2 is 2.45 bits per heavy atom. The topological polar surface area (TPSA) is 15.3 Å². The molecule has 2 nitrogen and oxygen atoms in total. The third-order valence-corrected chi connectivity index (χ3v) is 4.30. The van der Waals surface area contributed by atoms with Crippen LogP contribution < -0.4 is 5.32 Å². The quantitative estimate of drug-likeness (QED) is 0.542. The molecule has 2 heteroatoms. The van der Waals surface area contributed by atoms with Crippen molar-refractivity contribution in [1.82, 2.24) is 10.2 Å². The van der Waals surface area contributed by atoms with E-state index in [2.05, 4.69) is 17.3 Å². The van der Waals surface area contributed by atoms with Crippen LogP contribution in [0, 0.1) is 5.92 Å². The summed E-state index contributed by atoms with van der Waals surface area (Å²) in [5.41, 5.74) is 0.602. The molecule has 0 saturated carbocycles. The highest BCUT2D eigenvalue weighted by molar-refractivity contribution is 5.14. The molecule has 0 radical (unpaired) electrons. The lowest BCUT2D eigenvalue weighted by Gasteiger charge is -2.31. The molecule has 11 heavy (non-hydrogen) atoms. The van der Waals surface area contributed by atoms with Crippen molar-refractivity contribution in [2.45, 2.75) is 30.8 Å². The number of rotatable bonds is 0. The SMILES string of the molecule is CN1C2CCC13CNCC3C2. The maximum atomic E-state index is 3.53. The van der Waals surface area contributed by atoms with Gasteiger partial charge >= 0.3 is 0 Å². The lowest BCUT2D eigenvalue weighted by molar-refractivity contribution is 0.189. The molecular weight excluding hydrogens is 136 g/mol. The molecule has 3 aliphatic rings. The summed E-state index contributed by atoms with van der Waals surface area (Å²) in [6.07, 6.45) is 4.37. The molecule has 1 spiro atoms. The van der Waals surface area contributed by atoms with Gasteiger partial charge in [0, 0.05) is 18.1 Å². The fourth-order valence-electron chi connectivity index (χ4n) is 3.56. The van der Waals surface area contributed by atoms with Gasteiger partial charge in [-0.25, -0.2) is 0 Å². The summed E-state index contributed by atoms with van der Waals surface area (Å²) < 4.78 is 0. The Hall–Kier alpha value is -0.0800. The van der Waals surface area contributed by atoms with Crippen molar-refractivity contribution in [3.05, 3.63) is 0 Å². The summed E-state index contributed by atoms with van der Waals surface area (Å²) in [6, 6.07) is 0.932. The fourth-order valence-corrected chi connectivity index (χ4v) is 3.56. The molecule has 3 heterocycles. The van der Waals surface area contributed by atoms with E-state index >= 15 is 0 Å². The maximum Gasteiger partial charge on any atom is 0.0375 e. The Morgan fingerprint density at radius 3 is 3.18 bits per heavy atom. The zero-order chi connectivity index (χ0) is 7.47. The third-order valence-electron chi connectivity index (χ3n) is 4.30. The molecule has 1 N–H and O–H groups in total. The molecule has 3 aliphatic heterocycles. The summed E-state index contributed by atoms with van der Waals surface area (Å²) in [7, 11) is 2.32. The highest BCUT2D eigenvalue weighted by Crippen LogP contribution is 2.50. The van der Waals surface area contributed by atoms with E-state index in [0.717, 1.165) is 12.0 Å². The lowest BCUT2D eigenvalue weighted by Crippen LogP contribution is -2.43. The van der Waals surface area contributed by atoms with Crippen LogP contribution in [0.3, 0.4) is 0 Å². The molecule has 3 rings (SSSR count). The Kier molecular flexibility index (Phi) is 1.06. The highest BCUT2D eigenvalue weighted by Gasteiger charge is 2.57. The molecule has 0 aliphatic carbocycles. The molecule has 3 saturated heterocycles. The monoisotopic (exact) mass is 152 g/mol. The first-order chi connectivity index (χ1) is 5.33. The molecule has 0 aromatic carbocycles. The van der Waals surface area contributed by atoms with Crippen LogP contribution in [0.4, 0.5) is 0 Å². The summed E-state index contributed by atoms with van der Waals surface area (Å²) in [4.78, 5) is 2.65. The van der Waals surface area contributed by atoms with Crippen LogP contribution in [0.15, 0.2) is 0 Å². The van der Waals surface area contributed by atoms with Crippen LogP contribution in [0.25, 0.3) is 0 Å². The van der Waals surface area contributed by atoms with Crippen molar-refractivity contribution in [3.63, 3.8) is 0 Å². The second kappa shape index (κ2) is 1.80. The van der Waals surface area contributed by atoms with Gasteiger partial charge in [0.15, 0.2) is 0 Å². The fraction of sp³-hybridized carbons (Fsp3) is 1.00. The minimum atomic E-state index is 0.602. The second-order valence-corrected chi connectivity index (χ2v) is 4.47. The third kappa shape index (κ3) is 0.574. The van der Waals surface area contributed by atoms with Crippen LogP contribution in [-0.4, -0.2) is 36.6 Å². The van der Waals surface area contributed by atoms with Gasteiger partial charge < -0.3 is 5.32 Å². The van der Waals surface area contributed by atoms with Crippen molar-refractivity contribution in [1.29, 1.82) is 0 Å². The van der Waals surface area contributed by atoms with Crippen molar-refractivity contribution >= 4 is 0 Å². The Balaban J connectivity index is 2.02. The summed E-state index contributed by atoms with van der Waals surface area (Å²) in [5.74, 6) is 0.978. The molecule has 3 atom stereocenters. The van der Waals surface area contributed by atoms with Crippen molar-refractivity contribution in [3.8, 4) is 0 Å². The van der Waals surface area contributed by atoms with Gasteiger partial charge in [0.05, 0.1) is 0 Å². The van der Waals surface area contributed by atoms with E-state index in [1.807, 2.05) is 0 Å². The number of likely N-dealkylation sites (N-methyl/N-ethyl adjacent to an activating group) is 1. The minimum Gasteiger partial charge on any atom is -0.315 e. The molecule has 0 aromatic rings. The summed E-state index contributed by atoms with van der Waals surface area (Å²) >= 11 is 0. The first-order valence-electron chi connectivity index (χ1n) is 4.76. The van der Waals surface area contributed by atoms with Gasteiger partial charge in [0.2, 0.25) is 0 Å². The Labute approximate surface area is 68.0 Å². The van der Waals surface area contributed by atoms with Crippen molar-refractivity contribution in [2.75, 3.05) is 20.1 Å². The predicted molar refractivity (Wildman–Crippen MR) is 44.5 cm³/mol. The van der Waals surface area contributed by atoms with Crippen molar-refractivity contribution < 1.29 is 0 Å². The van der Waals surface area contributed by atoms with Crippen LogP contribution in [0.2, 0.25) is 0 Å². The molecule has 0 aromatic heterocycles. The highest BCUT2D eigenvalue weighted by atomic mass is 15.3. The van der Waals surface area contributed by atoms with Crippen LogP contribution >= 0.6 is 0 Å². The molecule has 0 amide bonds. The minimum absolute atomic E-state index is 0.602. The lowest BCUT2D eigenvalue weighted by atomic mass is 9.80. The van der Waals surface area contributed by atoms with Gasteiger partial charge in [0.1, 0.15) is 0 Å². The maximum absolute atomic E-state index is 3.53. The van der Waals surface area contributed by atoms with E-state index in [-0.39, 0.29) is 0 Å². The second-order valence-electron chi connectivity index (χ2n) is 4.47. The predicted octanol–water partition coefficient (Wildman–Crippen LogP) is 0.442. The van der Waals surface area contributed by atoms with E-state index in [0.29, 0.717) is 5.54 Å². The first kappa shape index (κ1) is 6.44. The Morgan fingerprint density at radius 1 is 1.55 bits per heavy atom. The van der Waals surface area contributed by atoms with Gasteiger partial charge in [-0.15, -0.1) is 0 Å². The molecule has 2 bridgehead atoms. The van der Waals surface area contributed by atoms with Gasteiger partial charge in [-0.2, -0.15) is 0 Å². The standard InChI is InChI=1S/C9H16N2/c1-11-8-2-3-9(11)6-10-5-7(9)4-8/h7-8,10H,2-6H2,1H3. The van der Waals surface area contributed by atoms with E-state index in [4.69, 9.17) is 0 Å². The van der Waals surface area contributed by atoms with Crippen LogP contribution in [0.1, 0.15) is 19.3 Å². The van der Waals surface area contributed by atoms with Crippen molar-refractivity contribution in [2.24, 2.45) is 5.92 Å². The van der Waals surface area contributed by atoms with Gasteiger partial charge in [-0.3, -0.25) is 4.90 Å². The number of hydrogen-bond donors (Lipinski definition) is 1.